The Bertz CT molecular complexity index is 897. The summed E-state index contributed by atoms with van der Waals surface area (Å²) in [5.41, 5.74) is 3.49. The molecule has 0 amide bonds. The number of hydrogen-bond acceptors (Lipinski definition) is 4. The van der Waals surface area contributed by atoms with Crippen molar-refractivity contribution in [1.82, 2.24) is 19.7 Å². The number of benzene rings is 2. The summed E-state index contributed by atoms with van der Waals surface area (Å²) in [5, 5.41) is 7.61. The summed E-state index contributed by atoms with van der Waals surface area (Å²) < 4.78 is 8.87. The van der Waals surface area contributed by atoms with Gasteiger partial charge < -0.3 is 4.42 Å². The van der Waals surface area contributed by atoms with Crippen molar-refractivity contribution in [3.63, 3.8) is 0 Å². The molecule has 0 fully saturated rings. The highest BCUT2D eigenvalue weighted by Gasteiger charge is 2.09. The standard InChI is InChI=1S/C15H9IN4O/c16-11-3-1-10(2-4-11)15-19-13-6-5-12(7-14(13)21-15)20-8-17-18-9-20/h1-9H. The fraction of sp³-hybridized carbons (Fsp3) is 0. The molecule has 2 aromatic heterocycles. The first-order chi connectivity index (χ1) is 10.3. The van der Waals surface area contributed by atoms with Crippen molar-refractivity contribution in [2.75, 3.05) is 0 Å². The summed E-state index contributed by atoms with van der Waals surface area (Å²) in [7, 11) is 0. The number of fused-ring (bicyclic) bond motifs is 1. The molecule has 0 saturated carbocycles. The van der Waals surface area contributed by atoms with Crippen LogP contribution in [0.3, 0.4) is 0 Å². The first-order valence-corrected chi connectivity index (χ1v) is 7.39. The van der Waals surface area contributed by atoms with Gasteiger partial charge in [-0.05, 0) is 59.0 Å². The predicted molar refractivity (Wildman–Crippen MR) is 87.1 cm³/mol. The summed E-state index contributed by atoms with van der Waals surface area (Å²) in [5.74, 6) is 0.627. The summed E-state index contributed by atoms with van der Waals surface area (Å²) in [6.45, 7) is 0. The fourth-order valence-corrected chi connectivity index (χ4v) is 2.48. The predicted octanol–water partition coefficient (Wildman–Crippen LogP) is 3.68. The maximum absolute atomic E-state index is 5.86. The normalized spacial score (nSPS) is 11.1. The number of hydrogen-bond donors (Lipinski definition) is 0. The van der Waals surface area contributed by atoms with Crippen LogP contribution < -0.4 is 0 Å². The Morgan fingerprint density at radius 1 is 0.952 bits per heavy atom. The number of oxazole rings is 1. The van der Waals surface area contributed by atoms with Crippen LogP contribution in [0.25, 0.3) is 28.2 Å². The second-order valence-electron chi connectivity index (χ2n) is 4.55. The zero-order valence-electron chi connectivity index (χ0n) is 10.8. The molecule has 0 unspecified atom stereocenters. The van der Waals surface area contributed by atoms with Crippen molar-refractivity contribution < 1.29 is 4.42 Å². The molecular weight excluding hydrogens is 379 g/mol. The minimum Gasteiger partial charge on any atom is -0.436 e. The van der Waals surface area contributed by atoms with Crippen LogP contribution in [-0.4, -0.2) is 19.7 Å². The van der Waals surface area contributed by atoms with Crippen LogP contribution in [0.5, 0.6) is 0 Å². The lowest BCUT2D eigenvalue weighted by Gasteiger charge is -1.98. The summed E-state index contributed by atoms with van der Waals surface area (Å²) in [6.07, 6.45) is 3.30. The van der Waals surface area contributed by atoms with Crippen LogP contribution in [0.4, 0.5) is 0 Å². The molecule has 6 heteroatoms. The van der Waals surface area contributed by atoms with Crippen molar-refractivity contribution in [3.05, 3.63) is 58.7 Å². The van der Waals surface area contributed by atoms with E-state index < -0.39 is 0 Å². The van der Waals surface area contributed by atoms with Gasteiger partial charge in [0, 0.05) is 15.2 Å². The summed E-state index contributed by atoms with van der Waals surface area (Å²) in [4.78, 5) is 4.53. The zero-order valence-corrected chi connectivity index (χ0v) is 12.9. The highest BCUT2D eigenvalue weighted by atomic mass is 127. The third-order valence-electron chi connectivity index (χ3n) is 3.18. The van der Waals surface area contributed by atoms with E-state index in [2.05, 4.69) is 37.8 Å². The Balaban J connectivity index is 1.81. The van der Waals surface area contributed by atoms with Gasteiger partial charge in [0.2, 0.25) is 5.89 Å². The molecule has 0 bridgehead atoms. The van der Waals surface area contributed by atoms with Crippen molar-refractivity contribution in [1.29, 1.82) is 0 Å². The van der Waals surface area contributed by atoms with E-state index >= 15 is 0 Å². The van der Waals surface area contributed by atoms with Crippen LogP contribution in [0, 0.1) is 3.57 Å². The lowest BCUT2D eigenvalue weighted by molar-refractivity contribution is 0.619. The average molecular weight is 388 g/mol. The van der Waals surface area contributed by atoms with Crippen LogP contribution in [0.15, 0.2) is 59.5 Å². The van der Waals surface area contributed by atoms with Crippen molar-refractivity contribution in [2.45, 2.75) is 0 Å². The van der Waals surface area contributed by atoms with Gasteiger partial charge >= 0.3 is 0 Å². The van der Waals surface area contributed by atoms with Gasteiger partial charge in [0.15, 0.2) is 5.58 Å². The van der Waals surface area contributed by atoms with Crippen molar-refractivity contribution in [3.8, 4) is 17.1 Å². The van der Waals surface area contributed by atoms with Gasteiger partial charge in [-0.2, -0.15) is 0 Å². The molecule has 4 rings (SSSR count). The van der Waals surface area contributed by atoms with Crippen molar-refractivity contribution >= 4 is 33.7 Å². The summed E-state index contributed by atoms with van der Waals surface area (Å²) in [6, 6.07) is 13.9. The molecule has 0 N–H and O–H groups in total. The van der Waals surface area contributed by atoms with Gasteiger partial charge in [-0.1, -0.05) is 0 Å². The maximum Gasteiger partial charge on any atom is 0.227 e. The van der Waals surface area contributed by atoms with Crippen LogP contribution in [0.2, 0.25) is 0 Å². The molecule has 0 aliphatic rings. The molecule has 21 heavy (non-hydrogen) atoms. The highest BCUT2D eigenvalue weighted by molar-refractivity contribution is 14.1. The second kappa shape index (κ2) is 4.96. The molecular formula is C15H9IN4O. The minimum absolute atomic E-state index is 0.627. The van der Waals surface area contributed by atoms with Gasteiger partial charge in [0.1, 0.15) is 18.2 Å². The SMILES string of the molecule is Ic1ccc(-c2nc3ccc(-n4cnnc4)cc3o2)cc1. The monoisotopic (exact) mass is 388 g/mol. The number of halogens is 1. The van der Waals surface area contributed by atoms with Gasteiger partial charge in [-0.3, -0.25) is 4.57 Å². The fourth-order valence-electron chi connectivity index (χ4n) is 2.12. The Morgan fingerprint density at radius 2 is 1.71 bits per heavy atom. The van der Waals surface area contributed by atoms with Gasteiger partial charge in [-0.25, -0.2) is 4.98 Å². The molecule has 0 saturated heterocycles. The molecule has 0 spiro atoms. The van der Waals surface area contributed by atoms with Crippen LogP contribution in [-0.2, 0) is 0 Å². The third kappa shape index (κ3) is 2.31. The molecule has 2 heterocycles. The van der Waals surface area contributed by atoms with E-state index in [1.807, 2.05) is 47.0 Å². The van der Waals surface area contributed by atoms with Crippen LogP contribution in [0.1, 0.15) is 0 Å². The Hall–Kier alpha value is -2.22. The Kier molecular flexibility index (Phi) is 2.95. The van der Waals surface area contributed by atoms with Gasteiger partial charge in [0.05, 0.1) is 5.69 Å². The van der Waals surface area contributed by atoms with E-state index in [1.165, 1.54) is 3.57 Å². The van der Waals surface area contributed by atoms with E-state index in [-0.39, 0.29) is 0 Å². The highest BCUT2D eigenvalue weighted by Crippen LogP contribution is 2.26. The Labute approximate surface area is 133 Å². The molecule has 4 aromatic rings. The molecule has 102 valence electrons. The van der Waals surface area contributed by atoms with Gasteiger partial charge in [0.25, 0.3) is 0 Å². The third-order valence-corrected chi connectivity index (χ3v) is 3.90. The minimum atomic E-state index is 0.627. The van der Waals surface area contributed by atoms with Crippen LogP contribution >= 0.6 is 22.6 Å². The topological polar surface area (TPSA) is 56.7 Å². The molecule has 0 radical (unpaired) electrons. The largest absolute Gasteiger partial charge is 0.436 e. The average Bonchev–Trinajstić information content (AvgIpc) is 3.16. The first-order valence-electron chi connectivity index (χ1n) is 6.31. The number of aromatic nitrogens is 4. The second-order valence-corrected chi connectivity index (χ2v) is 5.79. The van der Waals surface area contributed by atoms with E-state index in [0.717, 1.165) is 22.4 Å². The molecule has 0 atom stereocenters. The van der Waals surface area contributed by atoms with E-state index in [0.29, 0.717) is 5.89 Å². The molecule has 0 aliphatic carbocycles. The zero-order chi connectivity index (χ0) is 14.2. The van der Waals surface area contributed by atoms with E-state index in [4.69, 9.17) is 4.42 Å². The van der Waals surface area contributed by atoms with E-state index in [1.54, 1.807) is 12.7 Å². The molecule has 0 aliphatic heterocycles. The van der Waals surface area contributed by atoms with Crippen molar-refractivity contribution in [2.24, 2.45) is 0 Å². The van der Waals surface area contributed by atoms with Gasteiger partial charge in [-0.15, -0.1) is 10.2 Å². The number of rotatable bonds is 2. The molecule has 2 aromatic carbocycles. The smallest absolute Gasteiger partial charge is 0.227 e. The first kappa shape index (κ1) is 12.5. The maximum atomic E-state index is 5.86. The van der Waals surface area contributed by atoms with E-state index in [9.17, 15) is 0 Å². The quantitative estimate of drug-likeness (QED) is 0.492. The lowest BCUT2D eigenvalue weighted by atomic mass is 10.2. The molecule has 5 nitrogen and oxygen atoms in total. The lowest BCUT2D eigenvalue weighted by Crippen LogP contribution is -1.88. The Morgan fingerprint density at radius 3 is 2.48 bits per heavy atom. The number of nitrogens with zero attached hydrogens (tertiary/aromatic N) is 4. The summed E-state index contributed by atoms with van der Waals surface area (Å²) >= 11 is 2.27.